The Bertz CT molecular complexity index is 1100. The first-order chi connectivity index (χ1) is 15.3. The second-order valence-corrected chi connectivity index (χ2v) is 9.37. The van der Waals surface area contributed by atoms with Crippen molar-refractivity contribution in [1.82, 2.24) is 9.88 Å². The summed E-state index contributed by atoms with van der Waals surface area (Å²) in [5.41, 5.74) is 2.32. The van der Waals surface area contributed by atoms with Crippen LogP contribution in [-0.2, 0) is 0 Å². The minimum absolute atomic E-state index is 0.123. The van der Waals surface area contributed by atoms with Crippen molar-refractivity contribution in [2.75, 3.05) is 44.2 Å². The fourth-order valence-electron chi connectivity index (χ4n) is 4.22. The molecule has 1 aliphatic rings. The third-order valence-corrected chi connectivity index (χ3v) is 6.11. The van der Waals surface area contributed by atoms with E-state index in [2.05, 4.69) is 52.9 Å². The lowest BCUT2D eigenvalue weighted by Crippen LogP contribution is -2.52. The summed E-state index contributed by atoms with van der Waals surface area (Å²) in [6, 6.07) is 17.7. The van der Waals surface area contributed by atoms with Gasteiger partial charge in [0.05, 0.1) is 0 Å². The molecule has 0 saturated carbocycles. The Morgan fingerprint density at radius 2 is 1.75 bits per heavy atom. The van der Waals surface area contributed by atoms with Crippen LogP contribution in [0.2, 0.25) is 0 Å². The molecule has 0 amide bonds. The number of nitrogens with one attached hydrogen (secondary N) is 1. The van der Waals surface area contributed by atoms with Crippen molar-refractivity contribution >= 4 is 16.6 Å². The molecule has 1 fully saturated rings. The standard InChI is InChI=1S/C26H33N3O3/c1-19(2)20-4-7-22(8-5-20)29-14-12-28(13-15-29)17-26(3,31)18-32-23-9-10-24-21(16-23)6-11-25(30)27-24/h4-11,16,19,31H,12-15,17-18H2,1-3H3,(H,27,30)/t26-/m1/s1. The van der Waals surface area contributed by atoms with Gasteiger partial charge in [-0.15, -0.1) is 0 Å². The van der Waals surface area contributed by atoms with Gasteiger partial charge in [0.2, 0.25) is 5.56 Å². The van der Waals surface area contributed by atoms with Gasteiger partial charge in [-0.05, 0) is 54.8 Å². The van der Waals surface area contributed by atoms with Gasteiger partial charge in [0.1, 0.15) is 18.0 Å². The summed E-state index contributed by atoms with van der Waals surface area (Å²) >= 11 is 0. The van der Waals surface area contributed by atoms with E-state index >= 15 is 0 Å². The van der Waals surface area contributed by atoms with E-state index in [4.69, 9.17) is 4.74 Å². The number of pyridine rings is 1. The highest BCUT2D eigenvalue weighted by Gasteiger charge is 2.27. The van der Waals surface area contributed by atoms with Crippen LogP contribution < -0.4 is 15.2 Å². The number of benzene rings is 2. The van der Waals surface area contributed by atoms with E-state index in [0.717, 1.165) is 37.1 Å². The first-order valence-electron chi connectivity index (χ1n) is 11.3. The SMILES string of the molecule is CC(C)c1ccc(N2CCN(C[C@@](C)(O)COc3ccc4[nH]c(=O)ccc4c3)CC2)cc1. The minimum atomic E-state index is -0.957. The molecular weight excluding hydrogens is 402 g/mol. The Balaban J connectivity index is 1.28. The van der Waals surface area contributed by atoms with Gasteiger partial charge in [-0.2, -0.15) is 0 Å². The molecule has 2 heterocycles. The van der Waals surface area contributed by atoms with E-state index in [1.165, 1.54) is 17.3 Å². The van der Waals surface area contributed by atoms with Crippen molar-refractivity contribution in [2.24, 2.45) is 0 Å². The number of rotatable bonds is 7. The summed E-state index contributed by atoms with van der Waals surface area (Å²) < 4.78 is 5.89. The molecule has 1 atom stereocenters. The van der Waals surface area contributed by atoms with Crippen molar-refractivity contribution in [1.29, 1.82) is 0 Å². The Morgan fingerprint density at radius 1 is 1.03 bits per heavy atom. The van der Waals surface area contributed by atoms with E-state index in [1.54, 1.807) is 6.07 Å². The zero-order valence-electron chi connectivity index (χ0n) is 19.2. The molecule has 3 aromatic rings. The Labute approximate surface area is 189 Å². The molecule has 1 aromatic heterocycles. The van der Waals surface area contributed by atoms with Gasteiger partial charge in [-0.1, -0.05) is 26.0 Å². The number of aromatic amines is 1. The number of ether oxygens (including phenoxy) is 1. The molecule has 1 aliphatic heterocycles. The number of aromatic nitrogens is 1. The van der Waals surface area contributed by atoms with Crippen LogP contribution in [0, 0.1) is 0 Å². The number of anilines is 1. The third-order valence-electron chi connectivity index (χ3n) is 6.11. The zero-order chi connectivity index (χ0) is 22.7. The van der Waals surface area contributed by atoms with Gasteiger partial charge in [-0.3, -0.25) is 9.69 Å². The fourth-order valence-corrected chi connectivity index (χ4v) is 4.22. The quantitative estimate of drug-likeness (QED) is 0.594. The maximum absolute atomic E-state index is 11.4. The van der Waals surface area contributed by atoms with Crippen molar-refractivity contribution in [3.63, 3.8) is 0 Å². The van der Waals surface area contributed by atoms with Gasteiger partial charge in [-0.25, -0.2) is 0 Å². The predicted molar refractivity (Wildman–Crippen MR) is 130 cm³/mol. The van der Waals surface area contributed by atoms with Gasteiger partial charge < -0.3 is 19.7 Å². The van der Waals surface area contributed by atoms with Crippen LogP contribution in [0.15, 0.2) is 59.4 Å². The summed E-state index contributed by atoms with van der Waals surface area (Å²) in [6.07, 6.45) is 0. The highest BCUT2D eigenvalue weighted by atomic mass is 16.5. The topological polar surface area (TPSA) is 68.8 Å². The monoisotopic (exact) mass is 435 g/mol. The molecule has 4 rings (SSSR count). The number of fused-ring (bicyclic) bond motifs is 1. The molecule has 0 bridgehead atoms. The molecule has 170 valence electrons. The average Bonchev–Trinajstić information content (AvgIpc) is 2.78. The fraction of sp³-hybridized carbons (Fsp3) is 0.423. The Kier molecular flexibility index (Phi) is 6.53. The molecule has 0 spiro atoms. The number of nitrogens with zero attached hydrogens (tertiary/aromatic N) is 2. The van der Waals surface area contributed by atoms with Gasteiger partial charge in [0, 0.05) is 55.4 Å². The smallest absolute Gasteiger partial charge is 0.248 e. The molecule has 2 N–H and O–H groups in total. The first-order valence-corrected chi connectivity index (χ1v) is 11.3. The Morgan fingerprint density at radius 3 is 2.44 bits per heavy atom. The molecule has 6 nitrogen and oxygen atoms in total. The number of β-amino-alcohol motifs (C(OH)–C–C–N with tert-alkyl or cyclic N) is 1. The largest absolute Gasteiger partial charge is 0.491 e. The van der Waals surface area contributed by atoms with Crippen LogP contribution in [0.3, 0.4) is 0 Å². The lowest BCUT2D eigenvalue weighted by atomic mass is 10.0. The molecule has 0 radical (unpaired) electrons. The van der Waals surface area contributed by atoms with E-state index < -0.39 is 5.60 Å². The number of H-pyrrole nitrogens is 1. The van der Waals surface area contributed by atoms with Crippen LogP contribution >= 0.6 is 0 Å². The van der Waals surface area contributed by atoms with Crippen LogP contribution in [0.5, 0.6) is 5.75 Å². The maximum atomic E-state index is 11.4. The minimum Gasteiger partial charge on any atom is -0.491 e. The van der Waals surface area contributed by atoms with E-state index in [9.17, 15) is 9.90 Å². The molecule has 2 aromatic carbocycles. The van der Waals surface area contributed by atoms with Crippen molar-refractivity contribution in [3.05, 3.63) is 70.5 Å². The van der Waals surface area contributed by atoms with Crippen LogP contribution in [0.4, 0.5) is 5.69 Å². The van der Waals surface area contributed by atoms with Crippen LogP contribution in [-0.4, -0.2) is 59.9 Å². The number of hydrogen-bond acceptors (Lipinski definition) is 5. The molecular formula is C26H33N3O3. The summed E-state index contributed by atoms with van der Waals surface area (Å²) in [5, 5.41) is 11.8. The van der Waals surface area contributed by atoms with Crippen molar-refractivity contribution in [2.45, 2.75) is 32.3 Å². The van der Waals surface area contributed by atoms with Gasteiger partial charge in [0.15, 0.2) is 0 Å². The van der Waals surface area contributed by atoms with E-state index in [0.29, 0.717) is 18.2 Å². The Hall–Kier alpha value is -2.83. The molecule has 32 heavy (non-hydrogen) atoms. The summed E-state index contributed by atoms with van der Waals surface area (Å²) in [6.45, 7) is 10.7. The first kappa shape index (κ1) is 22.4. The van der Waals surface area contributed by atoms with Crippen molar-refractivity contribution in [3.8, 4) is 5.75 Å². The lowest BCUT2D eigenvalue weighted by molar-refractivity contribution is -0.0184. The third kappa shape index (κ3) is 5.50. The van der Waals surface area contributed by atoms with E-state index in [1.807, 2.05) is 25.1 Å². The van der Waals surface area contributed by atoms with E-state index in [-0.39, 0.29) is 12.2 Å². The van der Waals surface area contributed by atoms with Crippen molar-refractivity contribution < 1.29 is 9.84 Å². The zero-order valence-corrected chi connectivity index (χ0v) is 19.2. The number of piperazine rings is 1. The maximum Gasteiger partial charge on any atom is 0.248 e. The second kappa shape index (κ2) is 9.35. The summed E-state index contributed by atoms with van der Waals surface area (Å²) in [7, 11) is 0. The molecule has 1 saturated heterocycles. The lowest BCUT2D eigenvalue weighted by Gasteiger charge is -2.39. The van der Waals surface area contributed by atoms with Gasteiger partial charge >= 0.3 is 0 Å². The summed E-state index contributed by atoms with van der Waals surface area (Å²) in [4.78, 5) is 18.9. The average molecular weight is 436 g/mol. The van der Waals surface area contributed by atoms with Gasteiger partial charge in [0.25, 0.3) is 0 Å². The normalized spacial score (nSPS) is 17.0. The highest BCUT2D eigenvalue weighted by Crippen LogP contribution is 2.23. The predicted octanol–water partition coefficient (Wildman–Crippen LogP) is 3.60. The van der Waals surface area contributed by atoms with Crippen LogP contribution in [0.25, 0.3) is 10.9 Å². The van der Waals surface area contributed by atoms with Crippen LogP contribution in [0.1, 0.15) is 32.3 Å². The molecule has 0 unspecified atom stereocenters. The molecule has 0 aliphatic carbocycles. The molecule has 6 heteroatoms. The summed E-state index contributed by atoms with van der Waals surface area (Å²) in [5.74, 6) is 1.23. The number of aliphatic hydroxyl groups is 1. The highest BCUT2D eigenvalue weighted by molar-refractivity contribution is 5.79. The second-order valence-electron chi connectivity index (χ2n) is 9.37. The number of hydrogen-bond donors (Lipinski definition) is 2.